The second kappa shape index (κ2) is 9.06. The number of hydrogen-bond donors (Lipinski definition) is 0. The summed E-state index contributed by atoms with van der Waals surface area (Å²) in [5.41, 5.74) is 0. The van der Waals surface area contributed by atoms with Gasteiger partial charge in [-0.05, 0) is 0 Å². The number of carbonyl (C=O) groups is 2. The van der Waals surface area contributed by atoms with Gasteiger partial charge in [-0.15, -0.1) is 0 Å². The zero-order valence-electron chi connectivity index (χ0n) is 10.4. The molecule has 0 aromatic carbocycles. The Balaban J connectivity index is 4.04. The van der Waals surface area contributed by atoms with E-state index in [1.54, 1.807) is 9.80 Å². The molecule has 0 atom stereocenters. The Morgan fingerprint density at radius 1 is 0.750 bits per heavy atom. The molecule has 0 saturated carbocycles. The van der Waals surface area contributed by atoms with Crippen LogP contribution >= 0.6 is 0 Å². The zero-order valence-corrected chi connectivity index (χ0v) is 13.8. The fourth-order valence-electron chi connectivity index (χ4n) is 1.14. The molecule has 16 heavy (non-hydrogen) atoms. The zero-order chi connectivity index (χ0) is 12.6. The molecule has 0 aliphatic carbocycles. The molecule has 0 aromatic heterocycles. The van der Waals surface area contributed by atoms with Crippen molar-refractivity contribution in [2.75, 3.05) is 26.2 Å². The average Bonchev–Trinajstić information content (AvgIpc) is 2.29. The first-order valence-electron chi connectivity index (χ1n) is 5.52. The first kappa shape index (κ1) is 16.0. The molecule has 0 rings (SSSR count). The van der Waals surface area contributed by atoms with Crippen LogP contribution in [0.2, 0.25) is 0 Å². The summed E-state index contributed by atoms with van der Waals surface area (Å²) in [6, 6.07) is 0. The molecule has 0 heterocycles. The van der Waals surface area contributed by atoms with Crippen LogP contribution in [0.1, 0.15) is 27.7 Å². The number of amides is 2. The van der Waals surface area contributed by atoms with Gasteiger partial charge < -0.3 is 0 Å². The van der Waals surface area contributed by atoms with Crippen LogP contribution in [-0.2, 0) is 0 Å². The van der Waals surface area contributed by atoms with E-state index in [4.69, 9.17) is 0 Å². The van der Waals surface area contributed by atoms with Gasteiger partial charge in [0.2, 0.25) is 0 Å². The van der Waals surface area contributed by atoms with E-state index < -0.39 is 0 Å². The van der Waals surface area contributed by atoms with Gasteiger partial charge in [0.1, 0.15) is 0 Å². The van der Waals surface area contributed by atoms with Crippen molar-refractivity contribution in [2.45, 2.75) is 27.7 Å². The molecule has 0 fully saturated rings. The SMILES string of the molecule is CCN(CC)C(=O)[Se][Se]C(=O)N(CC)CC. The summed E-state index contributed by atoms with van der Waals surface area (Å²) in [7, 11) is 0. The molecule has 0 saturated heterocycles. The summed E-state index contributed by atoms with van der Waals surface area (Å²) in [5, 5.41) is 0. The monoisotopic (exact) mass is 360 g/mol. The third-order valence-corrected chi connectivity index (χ3v) is 8.10. The van der Waals surface area contributed by atoms with Gasteiger partial charge in [-0.3, -0.25) is 0 Å². The molecule has 0 aliphatic heterocycles. The molecular formula is C10H20N2O2Se2. The molecule has 0 spiro atoms. The van der Waals surface area contributed by atoms with Crippen LogP contribution in [0.3, 0.4) is 0 Å². The van der Waals surface area contributed by atoms with Crippen molar-refractivity contribution in [2.24, 2.45) is 0 Å². The van der Waals surface area contributed by atoms with Crippen LogP contribution in [0.5, 0.6) is 0 Å². The number of nitrogens with zero attached hydrogens (tertiary/aromatic N) is 2. The predicted octanol–water partition coefficient (Wildman–Crippen LogP) is 1.23. The summed E-state index contributed by atoms with van der Waals surface area (Å²) >= 11 is -0.364. The van der Waals surface area contributed by atoms with Crippen LogP contribution in [0.4, 0.5) is 9.59 Å². The predicted molar refractivity (Wildman–Crippen MR) is 68.1 cm³/mol. The Kier molecular flexibility index (Phi) is 9.04. The van der Waals surface area contributed by atoms with Crippen molar-refractivity contribution < 1.29 is 9.59 Å². The molecule has 0 bridgehead atoms. The van der Waals surface area contributed by atoms with E-state index >= 15 is 0 Å². The third kappa shape index (κ3) is 5.35. The summed E-state index contributed by atoms with van der Waals surface area (Å²) in [6.07, 6.45) is 0. The van der Waals surface area contributed by atoms with Crippen molar-refractivity contribution >= 4 is 35.9 Å². The maximum absolute atomic E-state index is 11.7. The topological polar surface area (TPSA) is 40.6 Å². The van der Waals surface area contributed by atoms with E-state index in [0.717, 1.165) is 26.2 Å². The van der Waals surface area contributed by atoms with Gasteiger partial charge in [0.25, 0.3) is 0 Å². The number of rotatable bonds is 7. The Morgan fingerprint density at radius 3 is 1.19 bits per heavy atom. The van der Waals surface area contributed by atoms with Gasteiger partial charge in [-0.2, -0.15) is 0 Å². The molecule has 0 radical (unpaired) electrons. The van der Waals surface area contributed by atoms with Crippen LogP contribution < -0.4 is 0 Å². The van der Waals surface area contributed by atoms with Gasteiger partial charge in [-0.1, -0.05) is 0 Å². The fourth-order valence-corrected chi connectivity index (χ4v) is 6.82. The van der Waals surface area contributed by atoms with E-state index in [2.05, 4.69) is 0 Å². The third-order valence-electron chi connectivity index (χ3n) is 2.23. The fraction of sp³-hybridized carbons (Fsp3) is 0.800. The van der Waals surface area contributed by atoms with Crippen molar-refractivity contribution in [1.29, 1.82) is 0 Å². The van der Waals surface area contributed by atoms with E-state index in [0.29, 0.717) is 0 Å². The van der Waals surface area contributed by atoms with Crippen LogP contribution in [0, 0.1) is 0 Å². The minimum atomic E-state index is -0.182. The van der Waals surface area contributed by atoms with Crippen molar-refractivity contribution in [3.05, 3.63) is 0 Å². The standard InChI is InChI=1S/C10H20N2O2Se2/c1-5-11(6-2)9(13)15-16-10(14)12(7-3)8-4/h5-8H2,1-4H3. The molecule has 0 aromatic rings. The Hall–Kier alpha value is -0.0210. The van der Waals surface area contributed by atoms with Gasteiger partial charge in [0, 0.05) is 0 Å². The quantitative estimate of drug-likeness (QED) is 0.643. The van der Waals surface area contributed by atoms with Crippen molar-refractivity contribution in [3.8, 4) is 0 Å². The van der Waals surface area contributed by atoms with E-state index in [-0.39, 0.29) is 35.9 Å². The first-order chi connectivity index (χ1) is 7.60. The Bertz CT molecular complexity index is 205. The summed E-state index contributed by atoms with van der Waals surface area (Å²) in [4.78, 5) is 27.4. The van der Waals surface area contributed by atoms with Crippen LogP contribution in [-0.4, -0.2) is 71.9 Å². The van der Waals surface area contributed by atoms with E-state index in [1.165, 1.54) is 0 Å². The number of carbonyl (C=O) groups excluding carboxylic acids is 2. The second-order valence-corrected chi connectivity index (χ2v) is 8.84. The Labute approximate surface area is 109 Å². The molecule has 0 N–H and O–H groups in total. The molecular weight excluding hydrogens is 338 g/mol. The van der Waals surface area contributed by atoms with E-state index in [9.17, 15) is 9.59 Å². The van der Waals surface area contributed by atoms with Crippen LogP contribution in [0.25, 0.3) is 0 Å². The van der Waals surface area contributed by atoms with Gasteiger partial charge in [-0.25, -0.2) is 0 Å². The average molecular weight is 358 g/mol. The maximum atomic E-state index is 11.7. The summed E-state index contributed by atoms with van der Waals surface area (Å²) < 4.78 is 0. The normalized spacial score (nSPS) is 10.0. The molecule has 4 nitrogen and oxygen atoms in total. The molecule has 2 amide bonds. The molecule has 94 valence electrons. The molecule has 6 heteroatoms. The van der Waals surface area contributed by atoms with Gasteiger partial charge in [0.15, 0.2) is 0 Å². The van der Waals surface area contributed by atoms with Crippen molar-refractivity contribution in [1.82, 2.24) is 9.80 Å². The Morgan fingerprint density at radius 2 is 1.00 bits per heavy atom. The number of hydrogen-bond acceptors (Lipinski definition) is 2. The molecule has 0 aliphatic rings. The van der Waals surface area contributed by atoms with E-state index in [1.807, 2.05) is 27.7 Å². The van der Waals surface area contributed by atoms with Crippen molar-refractivity contribution in [3.63, 3.8) is 0 Å². The minimum absolute atomic E-state index is 0.165. The second-order valence-electron chi connectivity index (χ2n) is 3.04. The molecule has 0 unspecified atom stereocenters. The summed E-state index contributed by atoms with van der Waals surface area (Å²) in [5.74, 6) is 0. The first-order valence-corrected chi connectivity index (χ1v) is 11.6. The van der Waals surface area contributed by atoms with Crippen LogP contribution in [0.15, 0.2) is 0 Å². The summed E-state index contributed by atoms with van der Waals surface area (Å²) in [6.45, 7) is 10.8. The van der Waals surface area contributed by atoms with Gasteiger partial charge in [0.05, 0.1) is 0 Å². The van der Waals surface area contributed by atoms with Gasteiger partial charge >= 0.3 is 109 Å².